The van der Waals surface area contributed by atoms with Crippen LogP contribution in [0.15, 0.2) is 53.4 Å². The van der Waals surface area contributed by atoms with E-state index in [0.29, 0.717) is 44.3 Å². The van der Waals surface area contributed by atoms with Crippen LogP contribution in [0.25, 0.3) is 0 Å². The van der Waals surface area contributed by atoms with Crippen molar-refractivity contribution in [3.63, 3.8) is 0 Å². The molecule has 0 aromatic heterocycles. The molecule has 1 heterocycles. The predicted molar refractivity (Wildman–Crippen MR) is 124 cm³/mol. The van der Waals surface area contributed by atoms with Gasteiger partial charge in [0.1, 0.15) is 5.75 Å². The highest BCUT2D eigenvalue weighted by Crippen LogP contribution is 2.49. The highest BCUT2D eigenvalue weighted by Gasteiger charge is 2.52. The van der Waals surface area contributed by atoms with Gasteiger partial charge in [0.25, 0.3) is 5.91 Å². The lowest BCUT2D eigenvalue weighted by Crippen LogP contribution is -2.40. The lowest BCUT2D eigenvalue weighted by molar-refractivity contribution is -0.146. The normalized spacial score (nSPS) is 17.6. The molecule has 182 valence electrons. The Morgan fingerprint density at radius 2 is 1.68 bits per heavy atom. The molecule has 4 rings (SSSR count). The lowest BCUT2D eigenvalue weighted by Gasteiger charge is -2.26. The van der Waals surface area contributed by atoms with Gasteiger partial charge in [-0.25, -0.2) is 8.42 Å². The van der Waals surface area contributed by atoms with E-state index >= 15 is 0 Å². The van der Waals surface area contributed by atoms with Crippen molar-refractivity contribution >= 4 is 27.6 Å². The molecule has 2 fully saturated rings. The Bertz CT molecular complexity index is 1120. The standard InChI is InChI=1S/C24H28N2O7S/c1-2-32-23(28)24(11-12-24)18-3-5-19(6-4-18)25-22(27)17-33-20-7-9-21(10-8-20)34(29,30)26-13-15-31-16-14-26/h3-10H,2,11-17H2,1H3,(H,25,27). The van der Waals surface area contributed by atoms with Crippen LogP contribution in [-0.2, 0) is 34.5 Å². The number of morpholine rings is 1. The van der Waals surface area contributed by atoms with Crippen LogP contribution in [0.4, 0.5) is 5.69 Å². The summed E-state index contributed by atoms with van der Waals surface area (Å²) in [5, 5.41) is 2.75. The second kappa shape index (κ2) is 10.1. The minimum Gasteiger partial charge on any atom is -0.484 e. The number of sulfonamides is 1. The Hall–Kier alpha value is -2.95. The smallest absolute Gasteiger partial charge is 0.316 e. The first-order chi connectivity index (χ1) is 16.3. The molecule has 2 aliphatic rings. The van der Waals surface area contributed by atoms with Crippen molar-refractivity contribution in [2.24, 2.45) is 0 Å². The van der Waals surface area contributed by atoms with Crippen molar-refractivity contribution in [2.75, 3.05) is 44.8 Å². The maximum absolute atomic E-state index is 12.7. The third kappa shape index (κ3) is 5.24. The van der Waals surface area contributed by atoms with Gasteiger partial charge in [-0.1, -0.05) is 12.1 Å². The zero-order chi connectivity index (χ0) is 24.2. The maximum atomic E-state index is 12.7. The molecule has 2 aromatic carbocycles. The summed E-state index contributed by atoms with van der Waals surface area (Å²) < 4.78 is 42.6. The molecule has 1 saturated carbocycles. The molecule has 0 unspecified atom stereocenters. The van der Waals surface area contributed by atoms with E-state index in [1.807, 2.05) is 12.1 Å². The molecule has 0 radical (unpaired) electrons. The van der Waals surface area contributed by atoms with E-state index in [4.69, 9.17) is 14.2 Å². The Balaban J connectivity index is 1.29. The zero-order valence-electron chi connectivity index (χ0n) is 19.0. The van der Waals surface area contributed by atoms with Gasteiger partial charge >= 0.3 is 5.97 Å². The van der Waals surface area contributed by atoms with E-state index in [2.05, 4.69) is 5.32 Å². The third-order valence-corrected chi connectivity index (χ3v) is 7.85. The number of anilines is 1. The van der Waals surface area contributed by atoms with Crippen LogP contribution < -0.4 is 10.1 Å². The fourth-order valence-corrected chi connectivity index (χ4v) is 5.28. The summed E-state index contributed by atoms with van der Waals surface area (Å²) in [6.45, 7) is 3.31. The first kappa shape index (κ1) is 24.2. The van der Waals surface area contributed by atoms with Crippen molar-refractivity contribution < 1.29 is 32.2 Å². The van der Waals surface area contributed by atoms with E-state index in [1.54, 1.807) is 19.1 Å². The lowest BCUT2D eigenvalue weighted by atomic mass is 9.96. The van der Waals surface area contributed by atoms with E-state index in [0.717, 1.165) is 18.4 Å². The van der Waals surface area contributed by atoms with Gasteiger partial charge < -0.3 is 19.5 Å². The van der Waals surface area contributed by atoms with Crippen LogP contribution >= 0.6 is 0 Å². The number of amides is 1. The number of nitrogens with zero attached hydrogens (tertiary/aromatic N) is 1. The van der Waals surface area contributed by atoms with Gasteiger partial charge in [-0.15, -0.1) is 0 Å². The highest BCUT2D eigenvalue weighted by atomic mass is 32.2. The number of carbonyl (C=O) groups is 2. The largest absolute Gasteiger partial charge is 0.484 e. The quantitative estimate of drug-likeness (QED) is 0.539. The predicted octanol–water partition coefficient (Wildman–Crippen LogP) is 2.32. The molecule has 1 amide bonds. The molecule has 0 atom stereocenters. The van der Waals surface area contributed by atoms with Crippen LogP contribution in [0.1, 0.15) is 25.3 Å². The van der Waals surface area contributed by atoms with Crippen molar-refractivity contribution in [3.8, 4) is 5.75 Å². The molecule has 10 heteroatoms. The topological polar surface area (TPSA) is 111 Å². The fraction of sp³-hybridized carbons (Fsp3) is 0.417. The van der Waals surface area contributed by atoms with E-state index in [1.165, 1.54) is 28.6 Å². The van der Waals surface area contributed by atoms with Crippen molar-refractivity contribution in [1.82, 2.24) is 4.31 Å². The molecule has 1 aliphatic heterocycles. The first-order valence-electron chi connectivity index (χ1n) is 11.2. The molecule has 1 N–H and O–H groups in total. The number of esters is 1. The van der Waals surface area contributed by atoms with Crippen LogP contribution in [0, 0.1) is 0 Å². The molecule has 0 spiro atoms. The number of carbonyl (C=O) groups excluding carboxylic acids is 2. The Kier molecular flexibility index (Phi) is 7.20. The summed E-state index contributed by atoms with van der Waals surface area (Å²) in [5.41, 5.74) is 0.916. The van der Waals surface area contributed by atoms with Crippen LogP contribution in [-0.4, -0.2) is 64.1 Å². The average molecular weight is 489 g/mol. The molecule has 34 heavy (non-hydrogen) atoms. The molecular weight excluding hydrogens is 460 g/mol. The van der Waals surface area contributed by atoms with Gasteiger partial charge in [0.2, 0.25) is 10.0 Å². The van der Waals surface area contributed by atoms with Crippen molar-refractivity contribution in [3.05, 3.63) is 54.1 Å². The number of hydrogen-bond acceptors (Lipinski definition) is 7. The van der Waals surface area contributed by atoms with Crippen molar-refractivity contribution in [2.45, 2.75) is 30.1 Å². The number of ether oxygens (including phenoxy) is 3. The number of hydrogen-bond donors (Lipinski definition) is 1. The van der Waals surface area contributed by atoms with Gasteiger partial charge in [-0.05, 0) is 61.7 Å². The third-order valence-electron chi connectivity index (χ3n) is 5.94. The second-order valence-corrected chi connectivity index (χ2v) is 10.1. The van der Waals surface area contributed by atoms with Crippen LogP contribution in [0.3, 0.4) is 0 Å². The van der Waals surface area contributed by atoms with E-state index < -0.39 is 15.4 Å². The summed E-state index contributed by atoms with van der Waals surface area (Å²) in [4.78, 5) is 24.7. The Morgan fingerprint density at radius 1 is 1.03 bits per heavy atom. The average Bonchev–Trinajstić information content (AvgIpc) is 3.66. The summed E-state index contributed by atoms with van der Waals surface area (Å²) in [5.74, 6) is -0.176. The summed E-state index contributed by atoms with van der Waals surface area (Å²) in [7, 11) is -3.58. The molecule has 1 aliphatic carbocycles. The Morgan fingerprint density at radius 3 is 2.26 bits per heavy atom. The van der Waals surface area contributed by atoms with Gasteiger partial charge in [-0.2, -0.15) is 4.31 Å². The van der Waals surface area contributed by atoms with Crippen LogP contribution in [0.2, 0.25) is 0 Å². The van der Waals surface area contributed by atoms with Gasteiger partial charge in [0.15, 0.2) is 6.61 Å². The number of nitrogens with one attached hydrogen (secondary N) is 1. The molecule has 1 saturated heterocycles. The Labute approximate surface area is 199 Å². The summed E-state index contributed by atoms with van der Waals surface area (Å²) in [6, 6.07) is 13.1. The first-order valence-corrected chi connectivity index (χ1v) is 12.7. The minimum atomic E-state index is -3.58. The van der Waals surface area contributed by atoms with Gasteiger partial charge in [-0.3, -0.25) is 9.59 Å². The number of benzene rings is 2. The van der Waals surface area contributed by atoms with Gasteiger partial charge in [0, 0.05) is 18.8 Å². The van der Waals surface area contributed by atoms with E-state index in [9.17, 15) is 18.0 Å². The monoisotopic (exact) mass is 488 g/mol. The molecule has 9 nitrogen and oxygen atoms in total. The van der Waals surface area contributed by atoms with Gasteiger partial charge in [0.05, 0.1) is 30.1 Å². The second-order valence-electron chi connectivity index (χ2n) is 8.20. The number of rotatable bonds is 9. The molecular formula is C24H28N2O7S. The highest BCUT2D eigenvalue weighted by molar-refractivity contribution is 7.89. The molecule has 2 aromatic rings. The fourth-order valence-electron chi connectivity index (χ4n) is 3.87. The van der Waals surface area contributed by atoms with E-state index in [-0.39, 0.29) is 23.4 Å². The maximum Gasteiger partial charge on any atom is 0.316 e. The zero-order valence-corrected chi connectivity index (χ0v) is 19.8. The molecule has 0 bridgehead atoms. The minimum absolute atomic E-state index is 0.169. The summed E-state index contributed by atoms with van der Waals surface area (Å²) in [6.07, 6.45) is 1.52. The SMILES string of the molecule is CCOC(=O)C1(c2ccc(NC(=O)COc3ccc(S(=O)(=O)N4CCOCC4)cc3)cc2)CC1. The van der Waals surface area contributed by atoms with Crippen LogP contribution in [0.5, 0.6) is 5.75 Å². The summed E-state index contributed by atoms with van der Waals surface area (Å²) >= 11 is 0. The van der Waals surface area contributed by atoms with Crippen molar-refractivity contribution in [1.29, 1.82) is 0 Å².